The monoisotopic (exact) mass is 598 g/mol. The normalized spacial score (nSPS) is 22.7. The third-order valence-corrected chi connectivity index (χ3v) is 9.18. The van der Waals surface area contributed by atoms with Gasteiger partial charge in [0.15, 0.2) is 5.72 Å². The first-order valence-corrected chi connectivity index (χ1v) is 15.2. The number of rotatable bonds is 9. The number of likely N-dealkylation sites (tertiary alicyclic amines) is 1. The van der Waals surface area contributed by atoms with Crippen LogP contribution in [-0.4, -0.2) is 82.1 Å². The van der Waals surface area contributed by atoms with Crippen molar-refractivity contribution in [2.45, 2.75) is 62.9 Å². The first kappa shape index (κ1) is 31.2. The molecule has 2 amide bonds. The lowest BCUT2D eigenvalue weighted by molar-refractivity contribution is -0.137. The van der Waals surface area contributed by atoms with Gasteiger partial charge in [0.25, 0.3) is 0 Å². The smallest absolute Gasteiger partial charge is 0.369 e. The van der Waals surface area contributed by atoms with Gasteiger partial charge in [-0.2, -0.15) is 13.2 Å². The molecule has 3 fully saturated rings. The predicted octanol–water partition coefficient (Wildman–Crippen LogP) is 4.82. The number of piperidine rings is 1. The number of halogens is 3. The summed E-state index contributed by atoms with van der Waals surface area (Å²) in [7, 11) is 0. The van der Waals surface area contributed by atoms with Gasteiger partial charge in [-0.25, -0.2) is 4.90 Å². The summed E-state index contributed by atoms with van der Waals surface area (Å²) in [4.78, 5) is 34.4. The molecule has 2 heterocycles. The molecule has 3 aliphatic rings. The van der Waals surface area contributed by atoms with Crippen molar-refractivity contribution in [1.82, 2.24) is 19.6 Å². The number of hydrogen-bond acceptors (Lipinski definition) is 5. The number of nitrogens with zero attached hydrogens (tertiary/aromatic N) is 4. The number of β-amino-alcohol motifs (C(OH)–C–C–N with tert-alkyl or cyclic N) is 1. The summed E-state index contributed by atoms with van der Waals surface area (Å²) in [6, 6.07) is 14.2. The lowest BCUT2D eigenvalue weighted by atomic mass is 10.0. The first-order valence-electron chi connectivity index (χ1n) is 15.2. The van der Waals surface area contributed by atoms with Crippen molar-refractivity contribution in [2.24, 2.45) is 5.92 Å². The molecule has 232 valence electrons. The van der Waals surface area contributed by atoms with Gasteiger partial charge in [-0.3, -0.25) is 14.5 Å². The van der Waals surface area contributed by atoms with Gasteiger partial charge < -0.3 is 14.9 Å². The SMILES string of the molecule is C=CCN(C(=O)Cc1ccc(C(F)(F)F)cc1)C1CCN(CN2CN(C(=O)C3CCCC3)C[C@]2(O)c2ccccc2)CC1. The first-order chi connectivity index (χ1) is 20.6. The molecule has 0 bridgehead atoms. The molecule has 5 rings (SSSR count). The van der Waals surface area contributed by atoms with Gasteiger partial charge in [-0.05, 0) is 43.4 Å². The zero-order valence-corrected chi connectivity index (χ0v) is 24.5. The molecule has 1 aliphatic carbocycles. The Hall–Kier alpha value is -3.21. The molecule has 10 heteroatoms. The highest BCUT2D eigenvalue weighted by Crippen LogP contribution is 2.36. The van der Waals surface area contributed by atoms with E-state index >= 15 is 0 Å². The van der Waals surface area contributed by atoms with Crippen LogP contribution < -0.4 is 0 Å². The maximum atomic E-state index is 13.3. The molecule has 2 aromatic carbocycles. The molecular weight excluding hydrogens is 557 g/mol. The fraction of sp³-hybridized carbons (Fsp3) is 0.515. The number of amides is 2. The molecule has 0 radical (unpaired) electrons. The molecule has 2 aromatic rings. The Kier molecular flexibility index (Phi) is 9.58. The Morgan fingerprint density at radius 3 is 2.26 bits per heavy atom. The Balaban J connectivity index is 1.22. The summed E-state index contributed by atoms with van der Waals surface area (Å²) in [5, 5.41) is 12.0. The van der Waals surface area contributed by atoms with Crippen LogP contribution in [0.3, 0.4) is 0 Å². The second-order valence-corrected chi connectivity index (χ2v) is 12.1. The van der Waals surface area contributed by atoms with Crippen LogP contribution in [0.15, 0.2) is 67.3 Å². The second-order valence-electron chi connectivity index (χ2n) is 12.1. The highest BCUT2D eigenvalue weighted by molar-refractivity contribution is 5.80. The molecule has 7 nitrogen and oxygen atoms in total. The Morgan fingerprint density at radius 2 is 1.65 bits per heavy atom. The lowest BCUT2D eigenvalue weighted by Gasteiger charge is -2.41. The standard InChI is InChI=1S/C33H41F3N4O3/c1-2-18-40(30(41)21-25-12-14-28(15-13-25)33(34,35)36)29-16-19-37(20-17-29)23-39-24-38(31(42)26-8-6-7-9-26)22-32(39,43)27-10-4-3-5-11-27/h2-5,10-15,26,29,43H,1,6-9,16-24H2/t32-/m0/s1. The van der Waals surface area contributed by atoms with Crippen molar-refractivity contribution in [3.63, 3.8) is 0 Å². The average molecular weight is 599 g/mol. The van der Waals surface area contributed by atoms with Crippen LogP contribution in [0.4, 0.5) is 13.2 Å². The van der Waals surface area contributed by atoms with Gasteiger partial charge in [0.1, 0.15) is 0 Å². The van der Waals surface area contributed by atoms with Crippen molar-refractivity contribution in [3.05, 3.63) is 83.9 Å². The molecule has 0 spiro atoms. The van der Waals surface area contributed by atoms with Gasteiger partial charge in [0.2, 0.25) is 11.8 Å². The van der Waals surface area contributed by atoms with E-state index < -0.39 is 17.5 Å². The van der Waals surface area contributed by atoms with E-state index in [1.165, 1.54) is 12.1 Å². The third kappa shape index (κ3) is 7.13. The van der Waals surface area contributed by atoms with Gasteiger partial charge in [0.05, 0.1) is 31.9 Å². The molecule has 1 N–H and O–H groups in total. The molecule has 2 saturated heterocycles. The zero-order valence-electron chi connectivity index (χ0n) is 24.5. The van der Waals surface area contributed by atoms with E-state index in [-0.39, 0.29) is 36.7 Å². The number of aliphatic hydroxyl groups is 1. The van der Waals surface area contributed by atoms with Gasteiger partial charge in [0, 0.05) is 37.2 Å². The molecule has 2 aliphatic heterocycles. The van der Waals surface area contributed by atoms with Crippen molar-refractivity contribution in [1.29, 1.82) is 0 Å². The summed E-state index contributed by atoms with van der Waals surface area (Å²) in [5.41, 5.74) is -0.728. The van der Waals surface area contributed by atoms with Crippen LogP contribution in [0.1, 0.15) is 55.2 Å². The van der Waals surface area contributed by atoms with E-state index in [1.54, 1.807) is 11.0 Å². The minimum absolute atomic E-state index is 0.0228. The van der Waals surface area contributed by atoms with Crippen molar-refractivity contribution in [2.75, 3.05) is 39.5 Å². The van der Waals surface area contributed by atoms with Crippen LogP contribution in [0.25, 0.3) is 0 Å². The Bertz CT molecular complexity index is 1260. The van der Waals surface area contributed by atoms with Crippen molar-refractivity contribution < 1.29 is 27.9 Å². The number of benzene rings is 2. The quantitative estimate of drug-likeness (QED) is 0.420. The maximum absolute atomic E-state index is 13.3. The summed E-state index contributed by atoms with van der Waals surface area (Å²) >= 11 is 0. The largest absolute Gasteiger partial charge is 0.416 e. The van der Waals surface area contributed by atoms with Crippen molar-refractivity contribution in [3.8, 4) is 0 Å². The molecule has 0 unspecified atom stereocenters. The fourth-order valence-electron chi connectivity index (χ4n) is 6.75. The van der Waals surface area contributed by atoms with Crippen LogP contribution in [0.2, 0.25) is 0 Å². The van der Waals surface area contributed by atoms with E-state index in [0.29, 0.717) is 38.5 Å². The minimum Gasteiger partial charge on any atom is -0.369 e. The number of alkyl halides is 3. The lowest BCUT2D eigenvalue weighted by Crippen LogP contribution is -2.53. The second kappa shape index (κ2) is 13.2. The molecule has 1 atom stereocenters. The van der Waals surface area contributed by atoms with Gasteiger partial charge >= 0.3 is 6.18 Å². The molecule has 1 saturated carbocycles. The minimum atomic E-state index is -4.42. The third-order valence-electron chi connectivity index (χ3n) is 9.18. The van der Waals surface area contributed by atoms with E-state index in [4.69, 9.17) is 0 Å². The summed E-state index contributed by atoms with van der Waals surface area (Å²) in [6.07, 6.45) is 2.68. The highest BCUT2D eigenvalue weighted by atomic mass is 19.4. The van der Waals surface area contributed by atoms with E-state index in [1.807, 2.05) is 40.1 Å². The van der Waals surface area contributed by atoms with Crippen molar-refractivity contribution >= 4 is 11.8 Å². The Labute approximate surface area is 251 Å². The number of carbonyl (C=O) groups excluding carboxylic acids is 2. The van der Waals surface area contributed by atoms with E-state index in [9.17, 15) is 27.9 Å². The topological polar surface area (TPSA) is 67.3 Å². The average Bonchev–Trinajstić information content (AvgIpc) is 3.66. The fourth-order valence-corrected chi connectivity index (χ4v) is 6.75. The van der Waals surface area contributed by atoms with Gasteiger partial charge in [-0.1, -0.05) is 61.4 Å². The summed E-state index contributed by atoms with van der Waals surface area (Å²) < 4.78 is 38.8. The molecular formula is C33H41F3N4O3. The number of hydrogen-bond donors (Lipinski definition) is 1. The van der Waals surface area contributed by atoms with Crippen LogP contribution in [0, 0.1) is 5.92 Å². The zero-order chi connectivity index (χ0) is 30.6. The maximum Gasteiger partial charge on any atom is 0.416 e. The molecule has 0 aromatic heterocycles. The summed E-state index contributed by atoms with van der Waals surface area (Å²) in [5.74, 6) is 0.0172. The van der Waals surface area contributed by atoms with Crippen LogP contribution in [-0.2, 0) is 27.9 Å². The van der Waals surface area contributed by atoms with E-state index in [2.05, 4.69) is 11.5 Å². The number of carbonyl (C=O) groups is 2. The predicted molar refractivity (Wildman–Crippen MR) is 157 cm³/mol. The van der Waals surface area contributed by atoms with E-state index in [0.717, 1.165) is 56.2 Å². The van der Waals surface area contributed by atoms with Crippen LogP contribution >= 0.6 is 0 Å². The Morgan fingerprint density at radius 1 is 1.00 bits per heavy atom. The highest BCUT2D eigenvalue weighted by Gasteiger charge is 2.48. The van der Waals surface area contributed by atoms with Gasteiger partial charge in [-0.15, -0.1) is 6.58 Å². The summed E-state index contributed by atoms with van der Waals surface area (Å²) in [6.45, 7) is 6.63. The van der Waals surface area contributed by atoms with Crippen LogP contribution in [0.5, 0.6) is 0 Å². The molecule has 43 heavy (non-hydrogen) atoms.